The number of anilines is 2. The first kappa shape index (κ1) is 29.0. The van der Waals surface area contributed by atoms with Gasteiger partial charge in [-0.15, -0.1) is 0 Å². The number of hydrogen-bond donors (Lipinski definition) is 2. The topological polar surface area (TPSA) is 70.9 Å². The lowest BCUT2D eigenvalue weighted by molar-refractivity contribution is -0.0329. The van der Waals surface area contributed by atoms with E-state index in [1.807, 2.05) is 0 Å². The first-order valence-electron chi connectivity index (χ1n) is 13.8. The van der Waals surface area contributed by atoms with Crippen LogP contribution in [-0.4, -0.2) is 59.5 Å². The Morgan fingerprint density at radius 2 is 2.05 bits per heavy atom. The molecule has 0 aliphatic heterocycles. The summed E-state index contributed by atoms with van der Waals surface area (Å²) in [7, 11) is 4.84. The number of halogens is 3. The van der Waals surface area contributed by atoms with Crippen LogP contribution in [0, 0.1) is 23.7 Å². The van der Waals surface area contributed by atoms with Crippen molar-refractivity contribution in [1.82, 2.24) is 14.3 Å². The van der Waals surface area contributed by atoms with Gasteiger partial charge in [0.05, 0.1) is 30.4 Å². The molecule has 2 aliphatic rings. The summed E-state index contributed by atoms with van der Waals surface area (Å²) < 4.78 is 47.7. The van der Waals surface area contributed by atoms with Crippen molar-refractivity contribution in [1.29, 1.82) is 0 Å². The Morgan fingerprint density at radius 3 is 2.80 bits per heavy atom. The molecule has 2 aromatic heterocycles. The zero-order valence-corrected chi connectivity index (χ0v) is 24.2. The summed E-state index contributed by atoms with van der Waals surface area (Å²) in [5.74, 6) is 8.16. The Morgan fingerprint density at radius 1 is 1.22 bits per heavy atom. The number of aromatic nitrogens is 2. The van der Waals surface area contributed by atoms with E-state index >= 15 is 0 Å². The van der Waals surface area contributed by atoms with Gasteiger partial charge in [-0.05, 0) is 61.8 Å². The first-order chi connectivity index (χ1) is 19.6. The van der Waals surface area contributed by atoms with Crippen LogP contribution < -0.4 is 15.4 Å². The average molecular weight is 586 g/mol. The molecule has 2 aliphatic carbocycles. The number of alkyl halides is 3. The Kier molecular flexibility index (Phi) is 8.59. The van der Waals surface area contributed by atoms with Crippen molar-refractivity contribution in [2.45, 2.75) is 55.1 Å². The molecule has 2 saturated carbocycles. The van der Waals surface area contributed by atoms with Gasteiger partial charge in [0, 0.05) is 49.9 Å². The number of hydrogen-bond acceptors (Lipinski definition) is 6. The van der Waals surface area contributed by atoms with E-state index in [1.165, 1.54) is 54.7 Å². The number of methoxy groups -OCH3 is 1. The van der Waals surface area contributed by atoms with Gasteiger partial charge >= 0.3 is 5.51 Å². The van der Waals surface area contributed by atoms with E-state index in [2.05, 4.69) is 27.5 Å². The van der Waals surface area contributed by atoms with Crippen LogP contribution in [0.1, 0.15) is 54.4 Å². The third-order valence-electron chi connectivity index (χ3n) is 7.91. The molecule has 0 unspecified atom stereocenters. The van der Waals surface area contributed by atoms with Crippen molar-refractivity contribution in [3.63, 3.8) is 0 Å². The molecule has 3 aromatic rings. The summed E-state index contributed by atoms with van der Waals surface area (Å²) in [6.45, 7) is 0.161. The lowest BCUT2D eigenvalue weighted by Crippen LogP contribution is -2.38. The molecule has 1 amide bonds. The van der Waals surface area contributed by atoms with E-state index in [4.69, 9.17) is 4.74 Å². The van der Waals surface area contributed by atoms with Gasteiger partial charge in [-0.1, -0.05) is 24.7 Å². The fraction of sp³-hybridized carbons (Fsp3) is 0.467. The summed E-state index contributed by atoms with van der Waals surface area (Å²) in [5, 5.41) is 6.72. The Balaban J connectivity index is 1.38. The monoisotopic (exact) mass is 585 g/mol. The van der Waals surface area contributed by atoms with E-state index in [9.17, 15) is 18.0 Å². The second-order valence-corrected chi connectivity index (χ2v) is 11.9. The first-order valence-corrected chi connectivity index (χ1v) is 14.6. The summed E-state index contributed by atoms with van der Waals surface area (Å²) >= 11 is -0.172. The van der Waals surface area contributed by atoms with E-state index in [0.29, 0.717) is 34.3 Å². The number of nitrogens with zero attached hydrogens (tertiary/aromatic N) is 3. The number of ether oxygens (including phenoxy) is 1. The zero-order valence-electron chi connectivity index (χ0n) is 23.3. The van der Waals surface area contributed by atoms with Gasteiger partial charge in [-0.3, -0.25) is 4.79 Å². The summed E-state index contributed by atoms with van der Waals surface area (Å²) in [5.41, 5.74) is -2.51. The second-order valence-electron chi connectivity index (χ2n) is 10.8. The maximum Gasteiger partial charge on any atom is 0.447 e. The Labute approximate surface area is 242 Å². The molecule has 0 radical (unpaired) electrons. The molecule has 2 N–H and O–H groups in total. The molecule has 2 bridgehead atoms. The number of fused-ring (bicyclic) bond motifs is 3. The van der Waals surface area contributed by atoms with Crippen LogP contribution in [-0.2, 0) is 0 Å². The summed E-state index contributed by atoms with van der Waals surface area (Å²) in [6.07, 6.45) is 10.2. The maximum atomic E-state index is 13.6. The highest BCUT2D eigenvalue weighted by molar-refractivity contribution is 8.00. The molecule has 1 aromatic carbocycles. The number of rotatable bonds is 7. The minimum Gasteiger partial charge on any atom is -0.495 e. The SMILES string of the molecule is COc1cc(C(=O)N(C)C)ccc1NCC#Cc1cc2c(N[C@@H]3CC[C@H]4CCC[C@H]3C4)nccn2c1SC(F)(F)F. The number of carbonyl (C=O) groups is 1. The third kappa shape index (κ3) is 6.70. The highest BCUT2D eigenvalue weighted by atomic mass is 32.2. The van der Waals surface area contributed by atoms with Gasteiger partial charge < -0.3 is 24.7 Å². The molecule has 5 rings (SSSR count). The van der Waals surface area contributed by atoms with Crippen molar-refractivity contribution in [2.75, 3.05) is 38.4 Å². The molecular formula is C30H34F3N5O2S. The molecule has 0 saturated heterocycles. The van der Waals surface area contributed by atoms with Crippen LogP contribution in [0.2, 0.25) is 0 Å². The third-order valence-corrected chi connectivity index (χ3v) is 8.75. The number of carbonyl (C=O) groups excluding carboxylic acids is 1. The number of nitrogens with one attached hydrogen (secondary N) is 2. The smallest absolute Gasteiger partial charge is 0.447 e. The lowest BCUT2D eigenvalue weighted by atomic mass is 9.70. The van der Waals surface area contributed by atoms with E-state index in [1.54, 1.807) is 44.6 Å². The molecule has 3 atom stereocenters. The largest absolute Gasteiger partial charge is 0.495 e. The molecule has 2 fully saturated rings. The molecule has 11 heteroatoms. The van der Waals surface area contributed by atoms with Crippen molar-refractivity contribution in [3.8, 4) is 17.6 Å². The van der Waals surface area contributed by atoms with Crippen LogP contribution in [0.4, 0.5) is 24.7 Å². The highest BCUT2D eigenvalue weighted by Crippen LogP contribution is 2.43. The van der Waals surface area contributed by atoms with Gasteiger partial charge in [-0.2, -0.15) is 13.2 Å². The number of benzene rings is 1. The second kappa shape index (κ2) is 12.1. The van der Waals surface area contributed by atoms with Crippen LogP contribution in [0.3, 0.4) is 0 Å². The molecule has 0 spiro atoms. The van der Waals surface area contributed by atoms with Gasteiger partial charge in [0.1, 0.15) is 10.8 Å². The number of thioether (sulfide) groups is 1. The van der Waals surface area contributed by atoms with Crippen LogP contribution >= 0.6 is 11.8 Å². The summed E-state index contributed by atoms with van der Waals surface area (Å²) in [4.78, 5) is 18.3. The quantitative estimate of drug-likeness (QED) is 0.244. The van der Waals surface area contributed by atoms with Crippen LogP contribution in [0.5, 0.6) is 5.75 Å². The van der Waals surface area contributed by atoms with E-state index in [-0.39, 0.29) is 40.8 Å². The van der Waals surface area contributed by atoms with Gasteiger partial charge in [0.25, 0.3) is 5.91 Å². The molecule has 218 valence electrons. The zero-order chi connectivity index (χ0) is 29.1. The Bertz CT molecular complexity index is 1480. The van der Waals surface area contributed by atoms with Gasteiger partial charge in [-0.25, -0.2) is 4.98 Å². The maximum absolute atomic E-state index is 13.6. The molecule has 7 nitrogen and oxygen atoms in total. The fourth-order valence-electron chi connectivity index (χ4n) is 5.98. The predicted molar refractivity (Wildman–Crippen MR) is 156 cm³/mol. The lowest BCUT2D eigenvalue weighted by Gasteiger charge is -2.40. The van der Waals surface area contributed by atoms with Crippen LogP contribution in [0.15, 0.2) is 41.7 Å². The van der Waals surface area contributed by atoms with Crippen molar-refractivity contribution >= 4 is 34.7 Å². The standard InChI is InChI=1S/C30H34F3N5O2S/c1-37(2)28(39)21-10-12-24(26(18-21)40-3)34-13-5-8-22-17-25-27(35-14-15-38(25)29(22)41-30(31,32)33)36-23-11-9-19-6-4-7-20(23)16-19/h10,12,14-15,17-20,23,34H,4,6-7,9,11,13,16H2,1-3H3,(H,35,36)/t19-,20+,23-/m1/s1. The fourth-order valence-corrected chi connectivity index (χ4v) is 6.67. The minimum atomic E-state index is -4.47. The molecular weight excluding hydrogens is 551 g/mol. The summed E-state index contributed by atoms with van der Waals surface area (Å²) in [6, 6.07) is 6.99. The molecule has 41 heavy (non-hydrogen) atoms. The van der Waals surface area contributed by atoms with E-state index in [0.717, 1.165) is 12.3 Å². The van der Waals surface area contributed by atoms with Crippen LogP contribution in [0.25, 0.3) is 5.52 Å². The minimum absolute atomic E-state index is 0.0101. The van der Waals surface area contributed by atoms with Gasteiger partial charge in [0.15, 0.2) is 5.82 Å². The predicted octanol–water partition coefficient (Wildman–Crippen LogP) is 6.50. The number of amides is 1. The Hall–Kier alpha value is -3.52. The average Bonchev–Trinajstić information content (AvgIpc) is 3.28. The highest BCUT2D eigenvalue weighted by Gasteiger charge is 2.35. The van der Waals surface area contributed by atoms with E-state index < -0.39 is 5.51 Å². The molecule has 2 heterocycles. The van der Waals surface area contributed by atoms with Crippen molar-refractivity contribution < 1.29 is 22.7 Å². The van der Waals surface area contributed by atoms with Crippen molar-refractivity contribution in [2.24, 2.45) is 11.8 Å². The van der Waals surface area contributed by atoms with Gasteiger partial charge in [0.2, 0.25) is 0 Å². The normalized spacial score (nSPS) is 20.2. The van der Waals surface area contributed by atoms with Crippen molar-refractivity contribution in [3.05, 3.63) is 47.8 Å².